The molecule has 3 aromatic rings. The number of ether oxygens (including phenoxy) is 2. The number of alkyl halides is 3. The molecule has 0 aliphatic carbocycles. The number of aliphatic carboxylic acids is 1. The number of pyridine rings is 1. The van der Waals surface area contributed by atoms with Crippen molar-refractivity contribution < 1.29 is 46.5 Å². The van der Waals surface area contributed by atoms with E-state index in [1.165, 1.54) is 24.5 Å². The molecule has 1 atom stereocenters. The molecule has 242 valence electrons. The van der Waals surface area contributed by atoms with Gasteiger partial charge in [-0.05, 0) is 73.1 Å². The Kier molecular flexibility index (Phi) is 13.1. The fraction of sp³-hybridized carbons (Fsp3) is 0.250. The van der Waals surface area contributed by atoms with Crippen molar-refractivity contribution in [1.29, 1.82) is 5.41 Å². The molecule has 3 rings (SSSR count). The maximum Gasteiger partial charge on any atom is 0.490 e. The number of nitrogen functional groups attached to an aromatic ring is 1. The van der Waals surface area contributed by atoms with Crippen molar-refractivity contribution >= 4 is 45.2 Å². The van der Waals surface area contributed by atoms with Crippen LogP contribution in [0.1, 0.15) is 48.3 Å². The zero-order chi connectivity index (χ0) is 33.9. The Labute approximate surface area is 262 Å². The third-order valence-electron chi connectivity index (χ3n) is 5.36. The normalized spacial score (nSPS) is 11.4. The van der Waals surface area contributed by atoms with Crippen molar-refractivity contribution in [2.24, 2.45) is 5.73 Å². The number of nitrogens with one attached hydrogen (secondary N) is 4. The van der Waals surface area contributed by atoms with Crippen LogP contribution in [0.4, 0.5) is 23.2 Å². The molecule has 1 aromatic heterocycles. The summed E-state index contributed by atoms with van der Waals surface area (Å²) in [6, 6.07) is 9.09. The number of carboxylic acid groups (broad SMARTS) is 1. The molecule has 0 bridgehead atoms. The molecule has 45 heavy (non-hydrogen) atoms. The van der Waals surface area contributed by atoms with Crippen molar-refractivity contribution in [2.45, 2.75) is 39.1 Å². The summed E-state index contributed by atoms with van der Waals surface area (Å²) in [7, 11) is 0. The Bertz CT molecular complexity index is 1520. The molecule has 0 aliphatic rings. The van der Waals surface area contributed by atoms with Gasteiger partial charge >= 0.3 is 12.1 Å². The third kappa shape index (κ3) is 10.9. The molecule has 0 radical (unpaired) electrons. The van der Waals surface area contributed by atoms with Gasteiger partial charge in [0.25, 0.3) is 11.8 Å². The van der Waals surface area contributed by atoms with E-state index in [1.807, 2.05) is 0 Å². The van der Waals surface area contributed by atoms with Crippen molar-refractivity contribution in [3.63, 3.8) is 0 Å². The first-order chi connectivity index (χ1) is 21.0. The van der Waals surface area contributed by atoms with Gasteiger partial charge < -0.3 is 25.6 Å². The molecule has 0 fully saturated rings. The number of hydrogen-bond donors (Lipinski definition) is 6. The molecule has 1 heterocycles. The van der Waals surface area contributed by atoms with Gasteiger partial charge in [-0.15, -0.1) is 0 Å². The number of amidine groups is 1. The van der Waals surface area contributed by atoms with Crippen LogP contribution in [0.2, 0.25) is 0 Å². The molecule has 12 nitrogen and oxygen atoms in total. The lowest BCUT2D eigenvalue weighted by Gasteiger charge is -2.23. The first kappa shape index (κ1) is 36.3. The van der Waals surface area contributed by atoms with Crippen LogP contribution in [0.15, 0.2) is 59.3 Å². The lowest BCUT2D eigenvalue weighted by Crippen LogP contribution is -2.45. The topological polar surface area (TPSA) is 189 Å². The smallest absolute Gasteiger partial charge is 0.490 e. The summed E-state index contributed by atoms with van der Waals surface area (Å²) in [6.45, 7) is 5.66. The Balaban J connectivity index is 0.000000900. The number of anilines is 1. The maximum atomic E-state index is 15.4. The summed E-state index contributed by atoms with van der Waals surface area (Å²) in [5, 5.41) is 17.7. The maximum absolute atomic E-state index is 15.4. The van der Waals surface area contributed by atoms with Crippen LogP contribution in [-0.2, 0) is 9.59 Å². The molecule has 0 saturated heterocycles. The lowest BCUT2D eigenvalue weighted by molar-refractivity contribution is -0.192. The molecule has 17 heteroatoms. The fourth-order valence-corrected chi connectivity index (χ4v) is 3.83. The van der Waals surface area contributed by atoms with E-state index in [2.05, 4.69) is 37.1 Å². The second-order valence-electron chi connectivity index (χ2n) is 9.09. The van der Waals surface area contributed by atoms with Gasteiger partial charge in [0.2, 0.25) is 0 Å². The fourth-order valence-electron chi connectivity index (χ4n) is 3.40. The first-order valence-corrected chi connectivity index (χ1v) is 13.7. The summed E-state index contributed by atoms with van der Waals surface area (Å²) in [4.78, 5) is 38.7. The summed E-state index contributed by atoms with van der Waals surface area (Å²) in [5.41, 5.74) is 11.3. The van der Waals surface area contributed by atoms with E-state index in [9.17, 15) is 22.8 Å². The number of nitrogens with two attached hydrogens (primary N) is 1. The zero-order valence-electron chi connectivity index (χ0n) is 24.0. The van der Waals surface area contributed by atoms with Crippen LogP contribution in [0.5, 0.6) is 11.5 Å². The molecule has 1 unspecified atom stereocenters. The van der Waals surface area contributed by atoms with E-state index in [4.69, 9.17) is 30.5 Å². The number of rotatable bonds is 10. The molecule has 7 N–H and O–H groups in total. The number of carbonyl (C=O) groups excluding carboxylic acids is 2. The van der Waals surface area contributed by atoms with Gasteiger partial charge in [-0.25, -0.2) is 9.18 Å². The Morgan fingerprint density at radius 3 is 2.22 bits per heavy atom. The van der Waals surface area contributed by atoms with E-state index in [0.717, 1.165) is 6.07 Å². The van der Waals surface area contributed by atoms with Gasteiger partial charge in [-0.3, -0.25) is 30.8 Å². The summed E-state index contributed by atoms with van der Waals surface area (Å²) >= 11 is 3.24. The standard InChI is InChI=1S/C26H28BrFN6O4.C2HF3O2/c1-4-37-21-11-18(20(28)12-22(21)38-14(2)3)23(32-16-7-5-15(6-8-16)24(29)30)26(36)34-33-25(35)17-9-10-31-13-19(17)27;3-2(4,5)1(6)7/h5-14,23,32H,4H2,1-3H3,(H3,29,30)(H,33,35)(H,34,36);(H,6,7). The number of carboxylic acids is 1. The van der Waals surface area contributed by atoms with Crippen LogP contribution < -0.4 is 31.4 Å². The highest BCUT2D eigenvalue weighted by molar-refractivity contribution is 9.10. The minimum atomic E-state index is -5.08. The number of nitrogens with zero attached hydrogens (tertiary/aromatic N) is 1. The molecule has 2 amide bonds. The monoisotopic (exact) mass is 700 g/mol. The SMILES string of the molecule is CCOc1cc(C(Nc2ccc(C(=N)N)cc2)C(=O)NNC(=O)c2ccncc2Br)c(F)cc1OC(C)C.O=C(O)C(F)(F)F. The number of hydrazine groups is 1. The van der Waals surface area contributed by atoms with Crippen molar-refractivity contribution in [3.8, 4) is 11.5 Å². The van der Waals surface area contributed by atoms with E-state index >= 15 is 4.39 Å². The van der Waals surface area contributed by atoms with Gasteiger partial charge in [-0.2, -0.15) is 13.2 Å². The van der Waals surface area contributed by atoms with Crippen LogP contribution in [0, 0.1) is 11.2 Å². The van der Waals surface area contributed by atoms with Gasteiger partial charge in [-0.1, -0.05) is 0 Å². The second kappa shape index (κ2) is 16.2. The Morgan fingerprint density at radius 1 is 1.09 bits per heavy atom. The highest BCUT2D eigenvalue weighted by Gasteiger charge is 2.38. The number of amides is 2. The predicted molar refractivity (Wildman–Crippen MR) is 158 cm³/mol. The van der Waals surface area contributed by atoms with E-state index < -0.39 is 35.8 Å². The minimum Gasteiger partial charge on any atom is -0.490 e. The van der Waals surface area contributed by atoms with E-state index in [0.29, 0.717) is 15.7 Å². The first-order valence-electron chi connectivity index (χ1n) is 12.9. The van der Waals surface area contributed by atoms with Crippen LogP contribution in [0.25, 0.3) is 0 Å². The number of hydrogen-bond acceptors (Lipinski definition) is 8. The summed E-state index contributed by atoms with van der Waals surface area (Å²) < 4.78 is 58.9. The second-order valence-corrected chi connectivity index (χ2v) is 9.94. The van der Waals surface area contributed by atoms with Gasteiger partial charge in [0.15, 0.2) is 11.5 Å². The number of benzene rings is 2. The van der Waals surface area contributed by atoms with E-state index in [1.54, 1.807) is 45.0 Å². The van der Waals surface area contributed by atoms with Gasteiger partial charge in [0.05, 0.1) is 18.3 Å². The van der Waals surface area contributed by atoms with Gasteiger partial charge in [0.1, 0.15) is 17.7 Å². The average molecular weight is 701 g/mol. The Hall–Kier alpha value is -4.93. The third-order valence-corrected chi connectivity index (χ3v) is 6.00. The van der Waals surface area contributed by atoms with Crippen molar-refractivity contribution in [1.82, 2.24) is 15.8 Å². The molecular formula is C28H29BrF4N6O6. The van der Waals surface area contributed by atoms with Crippen molar-refractivity contribution in [3.05, 3.63) is 81.8 Å². The van der Waals surface area contributed by atoms with Crippen LogP contribution in [-0.4, -0.2) is 52.6 Å². The number of carbonyl (C=O) groups is 3. The van der Waals surface area contributed by atoms with Crippen LogP contribution in [0.3, 0.4) is 0 Å². The molecule has 0 aliphatic heterocycles. The van der Waals surface area contributed by atoms with Crippen LogP contribution >= 0.6 is 15.9 Å². The summed E-state index contributed by atoms with van der Waals surface area (Å²) in [6.07, 6.45) is -2.45. The predicted octanol–water partition coefficient (Wildman–Crippen LogP) is 4.70. The zero-order valence-corrected chi connectivity index (χ0v) is 25.5. The lowest BCUT2D eigenvalue weighted by atomic mass is 10.0. The number of aromatic nitrogens is 1. The highest BCUT2D eigenvalue weighted by atomic mass is 79.9. The Morgan fingerprint density at radius 2 is 1.71 bits per heavy atom. The summed E-state index contributed by atoms with van der Waals surface area (Å²) in [5.74, 6) is -4.50. The molecular weight excluding hydrogens is 672 g/mol. The number of halogens is 5. The minimum absolute atomic E-state index is 0.0444. The average Bonchev–Trinajstić information content (AvgIpc) is 2.96. The van der Waals surface area contributed by atoms with Crippen molar-refractivity contribution in [2.75, 3.05) is 11.9 Å². The van der Waals surface area contributed by atoms with Gasteiger partial charge in [0, 0.05) is 39.7 Å². The van der Waals surface area contributed by atoms with E-state index in [-0.39, 0.29) is 41.2 Å². The highest BCUT2D eigenvalue weighted by Crippen LogP contribution is 2.35. The molecule has 2 aromatic carbocycles. The molecule has 0 saturated carbocycles. The largest absolute Gasteiger partial charge is 0.490 e. The quantitative estimate of drug-likeness (QED) is 0.0754. The molecule has 0 spiro atoms.